The van der Waals surface area contributed by atoms with Gasteiger partial charge in [0, 0.05) is 0 Å². The molecule has 74 valence electrons. The van der Waals surface area contributed by atoms with Gasteiger partial charge in [0.15, 0.2) is 0 Å². The molecule has 0 bridgehead atoms. The molecule has 0 aliphatic carbocycles. The Morgan fingerprint density at radius 3 is 2.79 bits per heavy atom. The molecule has 0 unspecified atom stereocenters. The Morgan fingerprint density at radius 2 is 2.29 bits per heavy atom. The average molecular weight is 229 g/mol. The molecule has 0 saturated heterocycles. The van der Waals surface area contributed by atoms with Gasteiger partial charge in [-0.2, -0.15) is 0 Å². The van der Waals surface area contributed by atoms with Crippen LogP contribution in [0.3, 0.4) is 0 Å². The normalized spacial score (nSPS) is 11.8. The van der Waals surface area contributed by atoms with Gasteiger partial charge < -0.3 is 0 Å². The van der Waals surface area contributed by atoms with Crippen molar-refractivity contribution in [3.63, 3.8) is 0 Å². The summed E-state index contributed by atoms with van der Waals surface area (Å²) in [6.07, 6.45) is 2.49. The fourth-order valence-corrected chi connectivity index (χ4v) is 2.08. The molecule has 0 fully saturated rings. The van der Waals surface area contributed by atoms with Crippen LogP contribution in [-0.4, -0.2) is 29.1 Å². The molecule has 0 amide bonds. The quantitative estimate of drug-likeness (QED) is 0.764. The summed E-state index contributed by atoms with van der Waals surface area (Å²) < 4.78 is 23.0. The second-order valence-corrected chi connectivity index (χ2v) is 5.50. The van der Waals surface area contributed by atoms with Crippen molar-refractivity contribution in [2.24, 2.45) is 0 Å². The fraction of sp³-hybridized carbons (Fsp3) is 0.143. The van der Waals surface area contributed by atoms with E-state index in [9.17, 15) is 8.42 Å². The van der Waals surface area contributed by atoms with Crippen LogP contribution in [0, 0.1) is 0 Å². The number of nitrogens with zero attached hydrogens (tertiary/aromatic N) is 3. The zero-order valence-electron chi connectivity index (χ0n) is 7.28. The van der Waals surface area contributed by atoms with E-state index in [1.807, 2.05) is 17.5 Å². The first-order chi connectivity index (χ1) is 6.57. The Balaban J connectivity index is 2.46. The minimum absolute atomic E-state index is 0.574. The van der Waals surface area contributed by atoms with E-state index >= 15 is 0 Å². The Labute approximate surface area is 85.0 Å². The van der Waals surface area contributed by atoms with Crippen LogP contribution in [0.2, 0.25) is 0 Å². The van der Waals surface area contributed by atoms with Crippen LogP contribution >= 0.6 is 11.3 Å². The number of rotatable bonds is 2. The summed E-state index contributed by atoms with van der Waals surface area (Å²) in [5.74, 6) is 0. The van der Waals surface area contributed by atoms with Crippen LogP contribution in [0.15, 0.2) is 23.7 Å². The highest BCUT2D eigenvalue weighted by Crippen LogP contribution is 2.21. The molecular formula is C7H7N3O2S2. The first-order valence-electron chi connectivity index (χ1n) is 3.74. The molecule has 0 saturated carbocycles. The molecular weight excluding hydrogens is 222 g/mol. The van der Waals surface area contributed by atoms with Gasteiger partial charge >= 0.3 is 0 Å². The lowest BCUT2D eigenvalue weighted by Gasteiger charge is -1.91. The van der Waals surface area contributed by atoms with E-state index in [0.717, 1.165) is 15.2 Å². The molecule has 0 N–H and O–H groups in total. The first-order valence-corrected chi connectivity index (χ1v) is 6.47. The van der Waals surface area contributed by atoms with E-state index in [4.69, 9.17) is 0 Å². The smallest absolute Gasteiger partial charge is 0.205 e. The summed E-state index contributed by atoms with van der Waals surface area (Å²) >= 11 is 1.49. The van der Waals surface area contributed by atoms with Crippen LogP contribution in [0.4, 0.5) is 0 Å². The molecule has 0 atom stereocenters. The summed E-state index contributed by atoms with van der Waals surface area (Å²) in [6.45, 7) is 0. The Hall–Kier alpha value is -1.21. The molecule has 5 nitrogen and oxygen atoms in total. The van der Waals surface area contributed by atoms with Crippen molar-refractivity contribution in [2.75, 3.05) is 6.26 Å². The van der Waals surface area contributed by atoms with Gasteiger partial charge in [0.2, 0.25) is 0 Å². The number of aromatic nitrogens is 3. The molecule has 2 aromatic heterocycles. The van der Waals surface area contributed by atoms with Gasteiger partial charge in [-0.15, -0.1) is 20.5 Å². The van der Waals surface area contributed by atoms with Gasteiger partial charge in [-0.05, 0) is 11.4 Å². The van der Waals surface area contributed by atoms with Crippen LogP contribution in [0.1, 0.15) is 0 Å². The third kappa shape index (κ3) is 1.68. The Bertz CT molecular complexity index is 527. The number of thiophene rings is 1. The molecule has 0 aliphatic rings. The zero-order chi connectivity index (χ0) is 10.2. The van der Waals surface area contributed by atoms with Crippen molar-refractivity contribution in [1.29, 1.82) is 0 Å². The third-order valence-electron chi connectivity index (χ3n) is 1.59. The van der Waals surface area contributed by atoms with Gasteiger partial charge in [0.1, 0.15) is 5.69 Å². The van der Waals surface area contributed by atoms with Gasteiger partial charge in [-0.1, -0.05) is 11.3 Å². The predicted octanol–water partition coefficient (Wildman–Crippen LogP) is 0.814. The van der Waals surface area contributed by atoms with E-state index in [1.165, 1.54) is 17.5 Å². The number of hydrogen-bond donors (Lipinski definition) is 0. The Morgan fingerprint density at radius 1 is 1.50 bits per heavy atom. The van der Waals surface area contributed by atoms with Crippen molar-refractivity contribution >= 4 is 21.4 Å². The van der Waals surface area contributed by atoms with Crippen molar-refractivity contribution < 1.29 is 8.42 Å². The molecule has 14 heavy (non-hydrogen) atoms. The lowest BCUT2D eigenvalue weighted by Crippen LogP contribution is -2.10. The van der Waals surface area contributed by atoms with E-state index in [1.54, 1.807) is 0 Å². The topological polar surface area (TPSA) is 64.8 Å². The van der Waals surface area contributed by atoms with Crippen LogP contribution in [0.25, 0.3) is 10.6 Å². The Kier molecular flexibility index (Phi) is 2.12. The van der Waals surface area contributed by atoms with Crippen LogP contribution in [-0.2, 0) is 10.0 Å². The molecule has 2 heterocycles. The van der Waals surface area contributed by atoms with E-state index in [2.05, 4.69) is 10.3 Å². The van der Waals surface area contributed by atoms with Gasteiger partial charge in [0.05, 0.1) is 17.3 Å². The maximum Gasteiger partial charge on any atom is 0.252 e. The van der Waals surface area contributed by atoms with Gasteiger partial charge in [-0.3, -0.25) is 0 Å². The first kappa shape index (κ1) is 9.35. The van der Waals surface area contributed by atoms with E-state index < -0.39 is 10.0 Å². The second kappa shape index (κ2) is 3.18. The average Bonchev–Trinajstić information content (AvgIpc) is 2.73. The van der Waals surface area contributed by atoms with Crippen molar-refractivity contribution in [3.05, 3.63) is 23.7 Å². The maximum absolute atomic E-state index is 11.1. The summed E-state index contributed by atoms with van der Waals surface area (Å²) in [5.41, 5.74) is 0.574. The zero-order valence-corrected chi connectivity index (χ0v) is 8.92. The lowest BCUT2D eigenvalue weighted by atomic mass is 10.4. The minimum Gasteiger partial charge on any atom is -0.205 e. The molecule has 0 spiro atoms. The van der Waals surface area contributed by atoms with Crippen molar-refractivity contribution in [3.8, 4) is 10.6 Å². The summed E-state index contributed by atoms with van der Waals surface area (Å²) in [4.78, 5) is 0.903. The third-order valence-corrected chi connectivity index (χ3v) is 3.34. The van der Waals surface area contributed by atoms with E-state index in [0.29, 0.717) is 5.69 Å². The molecule has 7 heteroatoms. The molecule has 2 aromatic rings. The predicted molar refractivity (Wildman–Crippen MR) is 53.6 cm³/mol. The SMILES string of the molecule is CS(=O)(=O)n1cc(-c2cccs2)nn1. The van der Waals surface area contributed by atoms with E-state index in [-0.39, 0.29) is 0 Å². The van der Waals surface area contributed by atoms with Crippen molar-refractivity contribution in [2.45, 2.75) is 0 Å². The minimum atomic E-state index is -3.33. The largest absolute Gasteiger partial charge is 0.252 e. The van der Waals surface area contributed by atoms with Crippen LogP contribution < -0.4 is 0 Å². The molecule has 0 aliphatic heterocycles. The number of hydrogen-bond acceptors (Lipinski definition) is 5. The monoisotopic (exact) mass is 229 g/mol. The maximum atomic E-state index is 11.1. The molecule has 2 rings (SSSR count). The highest BCUT2D eigenvalue weighted by molar-refractivity contribution is 7.89. The summed E-state index contributed by atoms with van der Waals surface area (Å²) in [5, 5.41) is 9.20. The second-order valence-electron chi connectivity index (χ2n) is 2.72. The molecule has 0 aromatic carbocycles. The summed E-state index contributed by atoms with van der Waals surface area (Å²) in [7, 11) is -3.33. The summed E-state index contributed by atoms with van der Waals surface area (Å²) in [6, 6.07) is 3.74. The standard InChI is InChI=1S/C7H7N3O2S2/c1-14(11,12)10-5-6(8-9-10)7-3-2-4-13-7/h2-5H,1H3. The van der Waals surface area contributed by atoms with Gasteiger partial charge in [-0.25, -0.2) is 8.42 Å². The highest BCUT2D eigenvalue weighted by Gasteiger charge is 2.10. The lowest BCUT2D eigenvalue weighted by molar-refractivity contribution is 0.583. The fourth-order valence-electron chi connectivity index (χ4n) is 0.948. The molecule has 0 radical (unpaired) electrons. The van der Waals surface area contributed by atoms with Gasteiger partial charge in [0.25, 0.3) is 10.0 Å². The highest BCUT2D eigenvalue weighted by atomic mass is 32.2. The van der Waals surface area contributed by atoms with Crippen LogP contribution in [0.5, 0.6) is 0 Å². The van der Waals surface area contributed by atoms with Crippen molar-refractivity contribution in [1.82, 2.24) is 14.4 Å².